The standard InChI is InChI=1S/C12H15F3O2/c1-16-11(17-2,9-12(13,14)15)8-10-6-4-3-5-7-10/h3-7H,8-9H2,1-2H3. The van der Waals surface area contributed by atoms with Gasteiger partial charge < -0.3 is 9.47 Å². The summed E-state index contributed by atoms with van der Waals surface area (Å²) in [6.07, 6.45) is -5.41. The maximum Gasteiger partial charge on any atom is 0.394 e. The highest BCUT2D eigenvalue weighted by Crippen LogP contribution is 2.32. The van der Waals surface area contributed by atoms with Crippen LogP contribution in [0.4, 0.5) is 13.2 Å². The van der Waals surface area contributed by atoms with Crippen LogP contribution in [-0.2, 0) is 15.9 Å². The fourth-order valence-electron chi connectivity index (χ4n) is 1.65. The van der Waals surface area contributed by atoms with Gasteiger partial charge in [0.15, 0.2) is 5.79 Å². The van der Waals surface area contributed by atoms with Gasteiger partial charge in [-0.3, -0.25) is 0 Å². The molecule has 17 heavy (non-hydrogen) atoms. The lowest BCUT2D eigenvalue weighted by molar-refractivity contribution is -0.268. The van der Waals surface area contributed by atoms with Crippen molar-refractivity contribution in [3.63, 3.8) is 0 Å². The molecule has 0 aliphatic heterocycles. The van der Waals surface area contributed by atoms with E-state index in [9.17, 15) is 13.2 Å². The van der Waals surface area contributed by atoms with Gasteiger partial charge >= 0.3 is 6.18 Å². The van der Waals surface area contributed by atoms with E-state index in [-0.39, 0.29) is 6.42 Å². The molecule has 0 N–H and O–H groups in total. The van der Waals surface area contributed by atoms with Crippen molar-refractivity contribution in [1.29, 1.82) is 0 Å². The van der Waals surface area contributed by atoms with Gasteiger partial charge in [-0.1, -0.05) is 30.3 Å². The summed E-state index contributed by atoms with van der Waals surface area (Å²) in [6.45, 7) is 0. The number of ether oxygens (including phenoxy) is 2. The molecule has 2 nitrogen and oxygen atoms in total. The molecular formula is C12H15F3O2. The Morgan fingerprint density at radius 1 is 1.00 bits per heavy atom. The zero-order valence-electron chi connectivity index (χ0n) is 9.75. The summed E-state index contributed by atoms with van der Waals surface area (Å²) in [5, 5.41) is 0. The highest BCUT2D eigenvalue weighted by Gasteiger charge is 2.43. The molecule has 0 heterocycles. The largest absolute Gasteiger partial charge is 0.394 e. The summed E-state index contributed by atoms with van der Waals surface area (Å²) >= 11 is 0. The van der Waals surface area contributed by atoms with Crippen molar-refractivity contribution in [3.8, 4) is 0 Å². The third-order valence-electron chi connectivity index (χ3n) is 2.53. The van der Waals surface area contributed by atoms with Crippen LogP contribution in [0, 0.1) is 0 Å². The van der Waals surface area contributed by atoms with Crippen LogP contribution in [0.25, 0.3) is 0 Å². The third kappa shape index (κ3) is 4.36. The quantitative estimate of drug-likeness (QED) is 0.745. The number of rotatable bonds is 5. The van der Waals surface area contributed by atoms with Crippen LogP contribution in [0.3, 0.4) is 0 Å². The van der Waals surface area contributed by atoms with E-state index in [0.29, 0.717) is 0 Å². The first-order chi connectivity index (χ1) is 7.91. The van der Waals surface area contributed by atoms with Crippen molar-refractivity contribution in [1.82, 2.24) is 0 Å². The molecule has 0 radical (unpaired) electrons. The molecule has 0 unspecified atom stereocenters. The average Bonchev–Trinajstić information content (AvgIpc) is 2.27. The van der Waals surface area contributed by atoms with Crippen molar-refractivity contribution in [2.75, 3.05) is 14.2 Å². The zero-order chi connectivity index (χ0) is 12.9. The predicted molar refractivity (Wildman–Crippen MR) is 57.6 cm³/mol. The Hall–Kier alpha value is -1.07. The molecule has 0 saturated heterocycles. The summed E-state index contributed by atoms with van der Waals surface area (Å²) in [5.41, 5.74) is 0.737. The molecule has 1 aromatic carbocycles. The molecule has 0 spiro atoms. The van der Waals surface area contributed by atoms with Gasteiger partial charge in [0.05, 0.1) is 6.42 Å². The number of hydrogen-bond acceptors (Lipinski definition) is 2. The van der Waals surface area contributed by atoms with Crippen LogP contribution >= 0.6 is 0 Å². The molecule has 0 bridgehead atoms. The van der Waals surface area contributed by atoms with Crippen molar-refractivity contribution >= 4 is 0 Å². The molecule has 0 amide bonds. The minimum atomic E-state index is -4.33. The van der Waals surface area contributed by atoms with E-state index in [1.165, 1.54) is 14.2 Å². The summed E-state index contributed by atoms with van der Waals surface area (Å²) in [6, 6.07) is 8.80. The second kappa shape index (κ2) is 5.51. The SMILES string of the molecule is COC(Cc1ccccc1)(CC(F)(F)F)OC. The molecule has 1 aromatic rings. The fourth-order valence-corrected chi connectivity index (χ4v) is 1.65. The molecule has 0 aliphatic carbocycles. The van der Waals surface area contributed by atoms with Crippen LogP contribution in [-0.4, -0.2) is 26.2 Å². The summed E-state index contributed by atoms with van der Waals surface area (Å²) in [7, 11) is 2.44. The lowest BCUT2D eigenvalue weighted by Gasteiger charge is -2.31. The van der Waals surface area contributed by atoms with E-state index in [0.717, 1.165) is 5.56 Å². The molecule has 5 heteroatoms. The topological polar surface area (TPSA) is 18.5 Å². The van der Waals surface area contributed by atoms with E-state index in [4.69, 9.17) is 9.47 Å². The van der Waals surface area contributed by atoms with Crippen molar-refractivity contribution < 1.29 is 22.6 Å². The van der Waals surface area contributed by atoms with Crippen molar-refractivity contribution in [3.05, 3.63) is 35.9 Å². The first kappa shape index (κ1) is 14.0. The predicted octanol–water partition coefficient (Wildman–Crippen LogP) is 3.17. The van der Waals surface area contributed by atoms with Crippen LogP contribution in [0.5, 0.6) is 0 Å². The van der Waals surface area contributed by atoms with Crippen LogP contribution in [0.1, 0.15) is 12.0 Å². The van der Waals surface area contributed by atoms with Gasteiger partial charge in [0.1, 0.15) is 0 Å². The number of benzene rings is 1. The van der Waals surface area contributed by atoms with E-state index in [1.807, 2.05) is 0 Å². The molecule has 1 rings (SSSR count). The second-order valence-electron chi connectivity index (χ2n) is 3.77. The van der Waals surface area contributed by atoms with Crippen molar-refractivity contribution in [2.45, 2.75) is 24.8 Å². The Bertz CT molecular complexity index is 331. The zero-order valence-corrected chi connectivity index (χ0v) is 9.75. The van der Waals surface area contributed by atoms with Gasteiger partial charge in [0.25, 0.3) is 0 Å². The Labute approximate surface area is 98.3 Å². The average molecular weight is 248 g/mol. The molecule has 0 aromatic heterocycles. The minimum absolute atomic E-state index is 0.0559. The van der Waals surface area contributed by atoms with Gasteiger partial charge in [-0.25, -0.2) is 0 Å². The number of methoxy groups -OCH3 is 2. The summed E-state index contributed by atoms with van der Waals surface area (Å²) in [4.78, 5) is 0. The van der Waals surface area contributed by atoms with Crippen molar-refractivity contribution in [2.24, 2.45) is 0 Å². The van der Waals surface area contributed by atoms with Crippen LogP contribution < -0.4 is 0 Å². The molecule has 0 saturated carbocycles. The Morgan fingerprint density at radius 2 is 1.53 bits per heavy atom. The fraction of sp³-hybridized carbons (Fsp3) is 0.500. The number of halogens is 3. The first-order valence-electron chi connectivity index (χ1n) is 5.12. The first-order valence-corrected chi connectivity index (χ1v) is 5.12. The lowest BCUT2D eigenvalue weighted by atomic mass is 10.0. The molecule has 96 valence electrons. The Morgan fingerprint density at radius 3 is 1.94 bits per heavy atom. The maximum absolute atomic E-state index is 12.5. The van der Waals surface area contributed by atoms with E-state index in [2.05, 4.69) is 0 Å². The van der Waals surface area contributed by atoms with E-state index >= 15 is 0 Å². The molecular weight excluding hydrogens is 233 g/mol. The smallest absolute Gasteiger partial charge is 0.352 e. The van der Waals surface area contributed by atoms with E-state index < -0.39 is 18.4 Å². The highest BCUT2D eigenvalue weighted by molar-refractivity contribution is 5.16. The number of alkyl halides is 3. The van der Waals surface area contributed by atoms with Crippen LogP contribution in [0.15, 0.2) is 30.3 Å². The monoisotopic (exact) mass is 248 g/mol. The van der Waals surface area contributed by atoms with Crippen LogP contribution in [0.2, 0.25) is 0 Å². The van der Waals surface area contributed by atoms with Gasteiger partial charge in [-0.05, 0) is 5.56 Å². The maximum atomic E-state index is 12.5. The second-order valence-corrected chi connectivity index (χ2v) is 3.77. The molecule has 0 aliphatic rings. The minimum Gasteiger partial charge on any atom is -0.352 e. The Balaban J connectivity index is 2.85. The molecule has 0 fully saturated rings. The summed E-state index contributed by atoms with van der Waals surface area (Å²) < 4.78 is 47.3. The van der Waals surface area contributed by atoms with Gasteiger partial charge in [-0.2, -0.15) is 13.2 Å². The number of hydrogen-bond donors (Lipinski definition) is 0. The van der Waals surface area contributed by atoms with E-state index in [1.54, 1.807) is 30.3 Å². The Kier molecular flexibility index (Phi) is 4.54. The third-order valence-corrected chi connectivity index (χ3v) is 2.53. The normalized spacial score (nSPS) is 12.8. The molecule has 0 atom stereocenters. The van der Waals surface area contributed by atoms with Gasteiger partial charge in [-0.15, -0.1) is 0 Å². The van der Waals surface area contributed by atoms with Gasteiger partial charge in [0, 0.05) is 20.6 Å². The summed E-state index contributed by atoms with van der Waals surface area (Å²) in [5.74, 6) is -1.65. The van der Waals surface area contributed by atoms with Gasteiger partial charge in [0.2, 0.25) is 0 Å². The highest BCUT2D eigenvalue weighted by atomic mass is 19.4. The lowest BCUT2D eigenvalue weighted by Crippen LogP contribution is -2.41.